The molecule has 0 amide bonds. The van der Waals surface area contributed by atoms with Gasteiger partial charge in [-0.1, -0.05) is 6.92 Å². The standard InChI is InChI=1S/C15H20N2O5S/c1-3-12(18)10-4-5-11(13(8-10)23(16,21)22)17-7-6-15(2,9-17)14(19)20/h4-5,8H,3,6-7,9H2,1-2H3,(H,19,20)(H2,16,21,22). The first-order valence-electron chi connectivity index (χ1n) is 7.27. The number of rotatable bonds is 5. The van der Waals surface area contributed by atoms with Gasteiger partial charge in [0.05, 0.1) is 11.1 Å². The zero-order valence-corrected chi connectivity index (χ0v) is 13.9. The van der Waals surface area contributed by atoms with Crippen LogP contribution in [0.1, 0.15) is 37.0 Å². The summed E-state index contributed by atoms with van der Waals surface area (Å²) >= 11 is 0. The summed E-state index contributed by atoms with van der Waals surface area (Å²) in [7, 11) is -4.03. The number of hydrogen-bond acceptors (Lipinski definition) is 5. The van der Waals surface area contributed by atoms with Crippen LogP contribution in [0.5, 0.6) is 0 Å². The Morgan fingerprint density at radius 3 is 2.52 bits per heavy atom. The monoisotopic (exact) mass is 340 g/mol. The van der Waals surface area contributed by atoms with Gasteiger partial charge in [-0.3, -0.25) is 9.59 Å². The summed E-state index contributed by atoms with van der Waals surface area (Å²) in [6.45, 7) is 3.91. The summed E-state index contributed by atoms with van der Waals surface area (Å²) in [5.41, 5.74) is -0.321. The normalized spacial score (nSPS) is 21.4. The van der Waals surface area contributed by atoms with Crippen molar-refractivity contribution in [1.82, 2.24) is 0 Å². The van der Waals surface area contributed by atoms with Crippen molar-refractivity contribution in [2.24, 2.45) is 10.6 Å². The van der Waals surface area contributed by atoms with Gasteiger partial charge >= 0.3 is 5.97 Å². The van der Waals surface area contributed by atoms with Crippen LogP contribution in [-0.4, -0.2) is 38.4 Å². The highest BCUT2D eigenvalue weighted by molar-refractivity contribution is 7.89. The van der Waals surface area contributed by atoms with Crippen molar-refractivity contribution < 1.29 is 23.1 Å². The average molecular weight is 340 g/mol. The van der Waals surface area contributed by atoms with E-state index >= 15 is 0 Å². The minimum Gasteiger partial charge on any atom is -0.481 e. The second-order valence-corrected chi connectivity index (χ2v) is 7.57. The van der Waals surface area contributed by atoms with Gasteiger partial charge in [0.2, 0.25) is 10.0 Å². The number of carboxylic acid groups (broad SMARTS) is 1. The number of ketones is 1. The smallest absolute Gasteiger partial charge is 0.311 e. The number of Topliss-reactive ketones (excluding diaryl/α,β-unsaturated/α-hetero) is 1. The molecule has 3 N–H and O–H groups in total. The quantitative estimate of drug-likeness (QED) is 0.778. The first kappa shape index (κ1) is 17.4. The third-order valence-corrected chi connectivity index (χ3v) is 5.18. The molecule has 0 radical (unpaired) electrons. The summed E-state index contributed by atoms with van der Waals surface area (Å²) in [5.74, 6) is -1.10. The molecule has 1 aromatic carbocycles. The number of aliphatic carboxylic acids is 1. The van der Waals surface area contributed by atoms with Gasteiger partial charge in [-0.2, -0.15) is 0 Å². The van der Waals surface area contributed by atoms with E-state index in [1.54, 1.807) is 24.8 Å². The lowest BCUT2D eigenvalue weighted by molar-refractivity contribution is -0.146. The van der Waals surface area contributed by atoms with Crippen LogP contribution in [0.2, 0.25) is 0 Å². The zero-order valence-electron chi connectivity index (χ0n) is 13.1. The van der Waals surface area contributed by atoms with E-state index in [1.165, 1.54) is 12.1 Å². The molecule has 1 fully saturated rings. The molecule has 0 bridgehead atoms. The Kier molecular flexibility index (Phi) is 4.50. The topological polar surface area (TPSA) is 118 Å². The molecule has 1 saturated heterocycles. The number of primary sulfonamides is 1. The summed E-state index contributed by atoms with van der Waals surface area (Å²) < 4.78 is 23.8. The summed E-state index contributed by atoms with van der Waals surface area (Å²) in [5, 5.41) is 14.6. The van der Waals surface area contributed by atoms with Crippen molar-refractivity contribution in [3.05, 3.63) is 23.8 Å². The van der Waals surface area contributed by atoms with Gasteiger partial charge < -0.3 is 10.0 Å². The van der Waals surface area contributed by atoms with Gasteiger partial charge in [-0.25, -0.2) is 13.6 Å². The van der Waals surface area contributed by atoms with Crippen molar-refractivity contribution in [2.45, 2.75) is 31.6 Å². The van der Waals surface area contributed by atoms with Gasteiger partial charge in [0.15, 0.2) is 5.78 Å². The van der Waals surface area contributed by atoms with E-state index in [2.05, 4.69) is 0 Å². The molecule has 1 heterocycles. The number of hydrogen-bond donors (Lipinski definition) is 2. The summed E-state index contributed by atoms with van der Waals surface area (Å²) in [6.07, 6.45) is 0.659. The number of benzene rings is 1. The maximum Gasteiger partial charge on any atom is 0.311 e. The SMILES string of the molecule is CCC(=O)c1ccc(N2CCC(C)(C(=O)O)C2)c(S(N)(=O)=O)c1. The van der Waals surface area contributed by atoms with Crippen molar-refractivity contribution in [3.63, 3.8) is 0 Å². The van der Waals surface area contributed by atoms with Gasteiger partial charge in [0, 0.05) is 25.1 Å². The van der Waals surface area contributed by atoms with Gasteiger partial charge in [0.25, 0.3) is 0 Å². The first-order valence-corrected chi connectivity index (χ1v) is 8.81. The Bertz CT molecular complexity index is 759. The van der Waals surface area contributed by atoms with Crippen LogP contribution < -0.4 is 10.0 Å². The molecule has 0 spiro atoms. The Labute approximate surface area is 135 Å². The maximum atomic E-state index is 11.9. The van der Waals surface area contributed by atoms with Crippen molar-refractivity contribution in [3.8, 4) is 0 Å². The lowest BCUT2D eigenvalue weighted by atomic mass is 9.90. The molecule has 1 atom stereocenters. The van der Waals surface area contributed by atoms with E-state index < -0.39 is 21.4 Å². The predicted molar refractivity (Wildman–Crippen MR) is 85.0 cm³/mol. The predicted octanol–water partition coefficient (Wildman–Crippen LogP) is 1.23. The maximum absolute atomic E-state index is 11.9. The molecule has 0 aromatic heterocycles. The molecule has 1 unspecified atom stereocenters. The molecule has 7 nitrogen and oxygen atoms in total. The van der Waals surface area contributed by atoms with E-state index in [0.29, 0.717) is 18.7 Å². The minimum atomic E-state index is -4.03. The molecule has 2 rings (SSSR count). The van der Waals surface area contributed by atoms with E-state index in [1.807, 2.05) is 0 Å². The van der Waals surface area contributed by atoms with Crippen molar-refractivity contribution in [2.75, 3.05) is 18.0 Å². The number of nitrogens with two attached hydrogens (primary N) is 1. The van der Waals surface area contributed by atoms with Crippen LogP contribution in [0.15, 0.2) is 23.1 Å². The highest BCUT2D eigenvalue weighted by Crippen LogP contribution is 2.36. The number of carboxylic acids is 1. The van der Waals surface area contributed by atoms with Gasteiger partial charge in [-0.05, 0) is 31.5 Å². The van der Waals surface area contributed by atoms with Crippen molar-refractivity contribution in [1.29, 1.82) is 0 Å². The fourth-order valence-corrected chi connectivity index (χ4v) is 3.50. The average Bonchev–Trinajstić information content (AvgIpc) is 2.89. The Balaban J connectivity index is 2.48. The highest BCUT2D eigenvalue weighted by atomic mass is 32.2. The number of carbonyl (C=O) groups excluding carboxylic acids is 1. The van der Waals surface area contributed by atoms with Crippen LogP contribution in [-0.2, 0) is 14.8 Å². The first-order chi connectivity index (χ1) is 10.6. The molecule has 1 aromatic rings. The molecule has 126 valence electrons. The lowest BCUT2D eigenvalue weighted by Gasteiger charge is -2.24. The minimum absolute atomic E-state index is 0.147. The number of nitrogens with zero attached hydrogens (tertiary/aromatic N) is 1. The number of carbonyl (C=O) groups is 2. The molecule has 0 saturated carbocycles. The molecule has 0 aliphatic carbocycles. The van der Waals surface area contributed by atoms with Crippen LogP contribution in [0.3, 0.4) is 0 Å². The zero-order chi connectivity index (χ0) is 17.4. The molecule has 1 aliphatic rings. The summed E-state index contributed by atoms with van der Waals surface area (Å²) in [4.78, 5) is 24.7. The second-order valence-electron chi connectivity index (χ2n) is 6.04. The van der Waals surface area contributed by atoms with Crippen LogP contribution >= 0.6 is 0 Å². The van der Waals surface area contributed by atoms with E-state index in [4.69, 9.17) is 5.14 Å². The largest absolute Gasteiger partial charge is 0.481 e. The molecule has 23 heavy (non-hydrogen) atoms. The molecule has 1 aliphatic heterocycles. The molecule has 8 heteroatoms. The second kappa shape index (κ2) is 5.93. The van der Waals surface area contributed by atoms with E-state index in [9.17, 15) is 23.1 Å². The molecular formula is C15H20N2O5S. The van der Waals surface area contributed by atoms with Gasteiger partial charge in [-0.15, -0.1) is 0 Å². The van der Waals surface area contributed by atoms with Crippen LogP contribution in [0, 0.1) is 5.41 Å². The van der Waals surface area contributed by atoms with E-state index in [-0.39, 0.29) is 29.2 Å². The summed E-state index contributed by atoms with van der Waals surface area (Å²) in [6, 6.07) is 4.34. The molecular weight excluding hydrogens is 320 g/mol. The fraction of sp³-hybridized carbons (Fsp3) is 0.467. The highest BCUT2D eigenvalue weighted by Gasteiger charge is 2.41. The number of anilines is 1. The third kappa shape index (κ3) is 3.37. The van der Waals surface area contributed by atoms with Crippen LogP contribution in [0.25, 0.3) is 0 Å². The number of sulfonamides is 1. The Morgan fingerprint density at radius 1 is 1.39 bits per heavy atom. The third-order valence-electron chi connectivity index (χ3n) is 4.24. The Morgan fingerprint density at radius 2 is 2.04 bits per heavy atom. The van der Waals surface area contributed by atoms with Crippen LogP contribution in [0.4, 0.5) is 5.69 Å². The lowest BCUT2D eigenvalue weighted by Crippen LogP contribution is -2.32. The fourth-order valence-electron chi connectivity index (χ4n) is 2.72. The Hall–Kier alpha value is -1.93. The van der Waals surface area contributed by atoms with Gasteiger partial charge in [0.1, 0.15) is 4.90 Å². The van der Waals surface area contributed by atoms with Crippen molar-refractivity contribution >= 4 is 27.5 Å². The van der Waals surface area contributed by atoms with E-state index in [0.717, 1.165) is 0 Å².